The molecule has 1 aliphatic rings. The molecule has 3 rings (SSSR count). The van der Waals surface area contributed by atoms with Crippen molar-refractivity contribution in [3.8, 4) is 11.5 Å². The fourth-order valence-corrected chi connectivity index (χ4v) is 3.09. The van der Waals surface area contributed by atoms with E-state index in [1.54, 1.807) is 25.4 Å². The van der Waals surface area contributed by atoms with Gasteiger partial charge in [0.2, 0.25) is 0 Å². The molecule has 6 heteroatoms. The van der Waals surface area contributed by atoms with E-state index in [1.807, 2.05) is 6.07 Å². The quantitative estimate of drug-likeness (QED) is 0.923. The van der Waals surface area contributed by atoms with Gasteiger partial charge in [-0.25, -0.2) is 4.98 Å². The molecule has 2 aromatic rings. The molecule has 0 saturated heterocycles. The molecule has 4 nitrogen and oxygen atoms in total. The Labute approximate surface area is 119 Å². The van der Waals surface area contributed by atoms with Gasteiger partial charge in [-0.3, -0.25) is 0 Å². The highest BCUT2D eigenvalue weighted by atomic mass is 35.5. The molecule has 1 aliphatic heterocycles. The summed E-state index contributed by atoms with van der Waals surface area (Å²) >= 11 is 7.25. The highest BCUT2D eigenvalue weighted by molar-refractivity contribution is 7.15. The van der Waals surface area contributed by atoms with Gasteiger partial charge in [0.15, 0.2) is 6.10 Å². The molecule has 19 heavy (non-hydrogen) atoms. The number of hydrogen-bond donors (Lipinski definition) is 1. The first-order valence-electron chi connectivity index (χ1n) is 5.81. The van der Waals surface area contributed by atoms with Crippen LogP contribution in [0.25, 0.3) is 0 Å². The maximum absolute atomic E-state index is 10.2. The van der Waals surface area contributed by atoms with E-state index in [1.165, 1.54) is 11.3 Å². The van der Waals surface area contributed by atoms with Gasteiger partial charge in [-0.2, -0.15) is 0 Å². The molecule has 0 bridgehead atoms. The number of aliphatic hydroxyl groups excluding tert-OH is 1. The zero-order valence-corrected chi connectivity index (χ0v) is 11.7. The lowest BCUT2D eigenvalue weighted by Gasteiger charge is -2.28. The van der Waals surface area contributed by atoms with Crippen LogP contribution in [0.15, 0.2) is 24.4 Å². The van der Waals surface area contributed by atoms with E-state index < -0.39 is 6.10 Å². The zero-order valence-electron chi connectivity index (χ0n) is 10.2. The number of aliphatic hydroxyl groups is 1. The lowest BCUT2D eigenvalue weighted by molar-refractivity contribution is 0.0653. The number of thiazole rings is 1. The summed E-state index contributed by atoms with van der Waals surface area (Å²) in [7, 11) is 1.60. The molecule has 0 saturated carbocycles. The van der Waals surface area contributed by atoms with Crippen LogP contribution in [0, 0.1) is 0 Å². The second-order valence-corrected chi connectivity index (χ2v) is 5.96. The number of rotatable bonds is 2. The molecule has 100 valence electrons. The van der Waals surface area contributed by atoms with Gasteiger partial charge >= 0.3 is 0 Å². The lowest BCUT2D eigenvalue weighted by atomic mass is 9.99. The number of methoxy groups -OCH3 is 1. The van der Waals surface area contributed by atoms with Crippen LogP contribution in [-0.2, 0) is 0 Å². The van der Waals surface area contributed by atoms with Gasteiger partial charge in [0.25, 0.3) is 0 Å². The number of fused-ring (bicyclic) bond motifs is 1. The highest BCUT2D eigenvalue weighted by Gasteiger charge is 2.30. The van der Waals surface area contributed by atoms with E-state index in [4.69, 9.17) is 21.1 Å². The van der Waals surface area contributed by atoms with E-state index in [0.717, 1.165) is 10.6 Å². The molecule has 2 atom stereocenters. The van der Waals surface area contributed by atoms with Gasteiger partial charge in [-0.15, -0.1) is 11.3 Å². The van der Waals surface area contributed by atoms with Gasteiger partial charge in [0, 0.05) is 12.0 Å². The van der Waals surface area contributed by atoms with Gasteiger partial charge in [0.05, 0.1) is 19.4 Å². The summed E-state index contributed by atoms with van der Waals surface area (Å²) in [6.45, 7) is 0. The van der Waals surface area contributed by atoms with E-state index in [2.05, 4.69) is 4.98 Å². The molecule has 2 heterocycles. The van der Waals surface area contributed by atoms with Gasteiger partial charge < -0.3 is 14.6 Å². The molecule has 0 radical (unpaired) electrons. The van der Waals surface area contributed by atoms with Crippen molar-refractivity contribution in [1.29, 1.82) is 0 Å². The summed E-state index contributed by atoms with van der Waals surface area (Å²) in [5.41, 5.74) is 0.748. The third kappa shape index (κ3) is 2.41. The maximum Gasteiger partial charge on any atom is 0.153 e. The van der Waals surface area contributed by atoms with E-state index in [-0.39, 0.29) is 6.10 Å². The van der Waals surface area contributed by atoms with Gasteiger partial charge in [-0.1, -0.05) is 11.6 Å². The fraction of sp³-hybridized carbons (Fsp3) is 0.308. The smallest absolute Gasteiger partial charge is 0.153 e. The van der Waals surface area contributed by atoms with E-state index >= 15 is 0 Å². The molecule has 2 unspecified atom stereocenters. The molecular formula is C13H12ClNO3S. The molecule has 0 spiro atoms. The molecule has 1 aromatic carbocycles. The number of benzene rings is 1. The lowest BCUT2D eigenvalue weighted by Crippen LogP contribution is -2.18. The summed E-state index contributed by atoms with van der Waals surface area (Å²) in [6.07, 6.45) is 1.21. The summed E-state index contributed by atoms with van der Waals surface area (Å²) in [6, 6.07) is 5.41. The normalized spacial score (nSPS) is 21.6. The Hall–Kier alpha value is -1.30. The summed E-state index contributed by atoms with van der Waals surface area (Å²) in [5, 5.41) is 11.0. The average molecular weight is 298 g/mol. The highest BCUT2D eigenvalue weighted by Crippen LogP contribution is 2.43. The van der Waals surface area contributed by atoms with Crippen molar-refractivity contribution < 1.29 is 14.6 Å². The Morgan fingerprint density at radius 1 is 1.53 bits per heavy atom. The zero-order chi connectivity index (χ0) is 13.4. The molecule has 1 aromatic heterocycles. The molecule has 0 amide bonds. The predicted molar refractivity (Wildman–Crippen MR) is 73.1 cm³/mol. The van der Waals surface area contributed by atoms with Crippen molar-refractivity contribution in [1.82, 2.24) is 4.98 Å². The first-order valence-corrected chi connectivity index (χ1v) is 7.00. The number of ether oxygens (including phenoxy) is 2. The minimum absolute atomic E-state index is 0.256. The third-order valence-corrected chi connectivity index (χ3v) is 4.26. The number of hydrogen-bond acceptors (Lipinski definition) is 5. The second kappa shape index (κ2) is 5.00. The van der Waals surface area contributed by atoms with Crippen LogP contribution in [0.3, 0.4) is 0 Å². The van der Waals surface area contributed by atoms with E-state index in [0.29, 0.717) is 22.3 Å². The number of nitrogens with zero attached hydrogens (tertiary/aromatic N) is 1. The Morgan fingerprint density at radius 3 is 3.05 bits per heavy atom. The summed E-state index contributed by atoms with van der Waals surface area (Å²) in [5.74, 6) is 1.37. The van der Waals surface area contributed by atoms with Crippen LogP contribution in [0.5, 0.6) is 11.5 Å². The van der Waals surface area contributed by atoms with Crippen LogP contribution < -0.4 is 9.47 Å². The Morgan fingerprint density at radius 2 is 2.37 bits per heavy atom. The van der Waals surface area contributed by atoms with Crippen LogP contribution in [0.1, 0.15) is 29.2 Å². The van der Waals surface area contributed by atoms with Crippen molar-refractivity contribution >= 4 is 22.9 Å². The fourth-order valence-electron chi connectivity index (χ4n) is 2.12. The van der Waals surface area contributed by atoms with Crippen molar-refractivity contribution in [3.63, 3.8) is 0 Å². The van der Waals surface area contributed by atoms with Crippen molar-refractivity contribution in [2.75, 3.05) is 7.11 Å². The molecule has 0 fully saturated rings. The van der Waals surface area contributed by atoms with Crippen molar-refractivity contribution in [3.05, 3.63) is 39.3 Å². The van der Waals surface area contributed by atoms with Gasteiger partial charge in [0.1, 0.15) is 20.8 Å². The van der Waals surface area contributed by atoms with Crippen molar-refractivity contribution in [2.24, 2.45) is 0 Å². The van der Waals surface area contributed by atoms with Crippen LogP contribution in [-0.4, -0.2) is 17.2 Å². The molecule has 1 N–H and O–H groups in total. The van der Waals surface area contributed by atoms with E-state index in [9.17, 15) is 5.11 Å². The molecule has 0 aliphatic carbocycles. The summed E-state index contributed by atoms with van der Waals surface area (Å²) in [4.78, 5) is 4.21. The third-order valence-electron chi connectivity index (χ3n) is 3.05. The maximum atomic E-state index is 10.2. The average Bonchev–Trinajstić information content (AvgIpc) is 2.85. The van der Waals surface area contributed by atoms with Crippen LogP contribution in [0.2, 0.25) is 4.34 Å². The number of halogens is 1. The Balaban J connectivity index is 1.92. The Bertz CT molecular complexity index is 601. The first-order chi connectivity index (χ1) is 9.17. The topological polar surface area (TPSA) is 51.6 Å². The standard InChI is InChI=1S/C13H12ClNO3S/c1-17-7-2-3-10-8(4-7)9(16)5-11(18-10)13-15-6-12(14)19-13/h2-4,6,9,11,16H,5H2,1H3. The summed E-state index contributed by atoms with van der Waals surface area (Å²) < 4.78 is 11.6. The predicted octanol–water partition coefficient (Wildman–Crippen LogP) is 3.36. The molecular weight excluding hydrogens is 286 g/mol. The monoisotopic (exact) mass is 297 g/mol. The Kier molecular flexibility index (Phi) is 3.35. The minimum atomic E-state index is -0.591. The van der Waals surface area contributed by atoms with Crippen LogP contribution >= 0.6 is 22.9 Å². The second-order valence-electron chi connectivity index (χ2n) is 4.26. The minimum Gasteiger partial charge on any atom is -0.497 e. The first kappa shape index (κ1) is 12.7. The van der Waals surface area contributed by atoms with Gasteiger partial charge in [-0.05, 0) is 18.2 Å². The van der Waals surface area contributed by atoms with Crippen molar-refractivity contribution in [2.45, 2.75) is 18.6 Å². The SMILES string of the molecule is COc1ccc2c(c1)C(O)CC(c1ncc(Cl)s1)O2. The van der Waals surface area contributed by atoms with Crippen LogP contribution in [0.4, 0.5) is 0 Å². The largest absolute Gasteiger partial charge is 0.497 e. The number of aromatic nitrogens is 1.